The predicted molar refractivity (Wildman–Crippen MR) is 69.7 cm³/mol. The summed E-state index contributed by atoms with van der Waals surface area (Å²) in [6, 6.07) is 8.64. The van der Waals surface area contributed by atoms with Crippen LogP contribution in [0.5, 0.6) is 0 Å². The smallest absolute Gasteiger partial charge is 0.0482 e. The van der Waals surface area contributed by atoms with Gasteiger partial charge in [0.15, 0.2) is 0 Å². The molecule has 0 amide bonds. The van der Waals surface area contributed by atoms with Crippen molar-refractivity contribution < 1.29 is 0 Å². The molecule has 0 fully saturated rings. The lowest BCUT2D eigenvalue weighted by atomic mass is 10.0. The van der Waals surface area contributed by atoms with E-state index in [1.165, 1.54) is 22.2 Å². The van der Waals surface area contributed by atoms with Crippen LogP contribution in [0.2, 0.25) is 0 Å². The zero-order chi connectivity index (χ0) is 11.5. The van der Waals surface area contributed by atoms with E-state index in [4.69, 9.17) is 5.73 Å². The summed E-state index contributed by atoms with van der Waals surface area (Å²) in [5.41, 5.74) is 9.90. The van der Waals surface area contributed by atoms with Crippen LogP contribution < -0.4 is 5.73 Å². The van der Waals surface area contributed by atoms with Gasteiger partial charge in [-0.25, -0.2) is 0 Å². The molecular weight excluding hydrogens is 196 g/mol. The zero-order valence-electron chi connectivity index (χ0n) is 10.2. The van der Waals surface area contributed by atoms with E-state index in [1.807, 2.05) is 0 Å². The standard InChI is InChI=1S/C14H20N2/c1-3-13-11(8-6-10-15)12-7-4-5-9-14(12)16(13)2/h4-5,7,9H,3,6,8,10,15H2,1-2H3. The minimum Gasteiger partial charge on any atom is -0.347 e. The largest absolute Gasteiger partial charge is 0.347 e. The molecule has 1 aromatic carbocycles. The molecule has 0 aliphatic carbocycles. The Bertz CT molecular complexity index is 483. The number of rotatable bonds is 4. The lowest BCUT2D eigenvalue weighted by Crippen LogP contribution is -2.02. The van der Waals surface area contributed by atoms with Crippen molar-refractivity contribution in [2.45, 2.75) is 26.2 Å². The molecule has 0 saturated carbocycles. The topological polar surface area (TPSA) is 30.9 Å². The van der Waals surface area contributed by atoms with Gasteiger partial charge in [-0.2, -0.15) is 0 Å². The highest BCUT2D eigenvalue weighted by molar-refractivity contribution is 5.85. The number of nitrogens with two attached hydrogens (primary N) is 1. The number of hydrogen-bond donors (Lipinski definition) is 1. The van der Waals surface area contributed by atoms with E-state index in [0.717, 1.165) is 25.8 Å². The van der Waals surface area contributed by atoms with Gasteiger partial charge >= 0.3 is 0 Å². The van der Waals surface area contributed by atoms with E-state index < -0.39 is 0 Å². The van der Waals surface area contributed by atoms with Crippen LogP contribution in [0.4, 0.5) is 0 Å². The van der Waals surface area contributed by atoms with E-state index >= 15 is 0 Å². The molecule has 2 heteroatoms. The van der Waals surface area contributed by atoms with E-state index in [0.29, 0.717) is 0 Å². The minimum atomic E-state index is 0.770. The van der Waals surface area contributed by atoms with Gasteiger partial charge in [-0.3, -0.25) is 0 Å². The second kappa shape index (κ2) is 4.71. The number of para-hydroxylation sites is 1. The lowest BCUT2D eigenvalue weighted by molar-refractivity contribution is 0.796. The van der Waals surface area contributed by atoms with Gasteiger partial charge in [-0.1, -0.05) is 25.1 Å². The minimum absolute atomic E-state index is 0.770. The van der Waals surface area contributed by atoms with Gasteiger partial charge in [-0.05, 0) is 37.4 Å². The third kappa shape index (κ3) is 1.74. The van der Waals surface area contributed by atoms with E-state index in [9.17, 15) is 0 Å². The normalized spacial score (nSPS) is 11.2. The van der Waals surface area contributed by atoms with Crippen molar-refractivity contribution in [2.24, 2.45) is 12.8 Å². The lowest BCUT2D eigenvalue weighted by Gasteiger charge is -2.04. The maximum absolute atomic E-state index is 5.61. The summed E-state index contributed by atoms with van der Waals surface area (Å²) in [5.74, 6) is 0. The Morgan fingerprint density at radius 2 is 2.00 bits per heavy atom. The first-order valence-electron chi connectivity index (χ1n) is 6.04. The first-order chi connectivity index (χ1) is 7.79. The van der Waals surface area contributed by atoms with Crippen molar-refractivity contribution >= 4 is 10.9 Å². The molecule has 2 rings (SSSR count). The highest BCUT2D eigenvalue weighted by atomic mass is 14.9. The third-order valence-electron chi connectivity index (χ3n) is 3.31. The highest BCUT2D eigenvalue weighted by Gasteiger charge is 2.12. The summed E-state index contributed by atoms with van der Waals surface area (Å²) in [7, 11) is 2.16. The average molecular weight is 216 g/mol. The van der Waals surface area contributed by atoms with Crippen molar-refractivity contribution in [3.63, 3.8) is 0 Å². The fourth-order valence-electron chi connectivity index (χ4n) is 2.53. The fraction of sp³-hybridized carbons (Fsp3) is 0.429. The molecule has 2 nitrogen and oxygen atoms in total. The monoisotopic (exact) mass is 216 g/mol. The van der Waals surface area contributed by atoms with Gasteiger partial charge in [0, 0.05) is 23.6 Å². The Morgan fingerprint density at radius 1 is 1.25 bits per heavy atom. The molecule has 2 N–H and O–H groups in total. The Kier molecular flexibility index (Phi) is 3.30. The van der Waals surface area contributed by atoms with E-state index in [1.54, 1.807) is 0 Å². The molecule has 0 bridgehead atoms. The van der Waals surface area contributed by atoms with Crippen molar-refractivity contribution in [2.75, 3.05) is 6.54 Å². The Hall–Kier alpha value is -1.28. The van der Waals surface area contributed by atoms with Gasteiger partial charge in [-0.15, -0.1) is 0 Å². The number of aromatic nitrogens is 1. The first-order valence-corrected chi connectivity index (χ1v) is 6.04. The molecule has 0 saturated heterocycles. The summed E-state index contributed by atoms with van der Waals surface area (Å²) in [4.78, 5) is 0. The van der Waals surface area contributed by atoms with Crippen LogP contribution in [-0.4, -0.2) is 11.1 Å². The van der Waals surface area contributed by atoms with E-state index in [-0.39, 0.29) is 0 Å². The van der Waals surface area contributed by atoms with Crippen LogP contribution in [0, 0.1) is 0 Å². The number of benzene rings is 1. The maximum Gasteiger partial charge on any atom is 0.0482 e. The summed E-state index contributed by atoms with van der Waals surface area (Å²) in [6.45, 7) is 2.99. The molecule has 86 valence electrons. The van der Waals surface area contributed by atoms with Gasteiger partial charge in [0.1, 0.15) is 0 Å². The van der Waals surface area contributed by atoms with Crippen LogP contribution >= 0.6 is 0 Å². The molecule has 0 aliphatic rings. The quantitative estimate of drug-likeness (QED) is 0.837. The van der Waals surface area contributed by atoms with Crippen molar-refractivity contribution in [1.82, 2.24) is 4.57 Å². The maximum atomic E-state index is 5.61. The molecule has 0 unspecified atom stereocenters. The molecule has 1 heterocycles. The molecule has 1 aromatic heterocycles. The number of hydrogen-bond acceptors (Lipinski definition) is 1. The average Bonchev–Trinajstić information content (AvgIpc) is 2.60. The van der Waals surface area contributed by atoms with E-state index in [2.05, 4.69) is 42.8 Å². The number of nitrogens with zero attached hydrogens (tertiary/aromatic N) is 1. The number of aryl methyl sites for hydroxylation is 2. The van der Waals surface area contributed by atoms with Gasteiger partial charge in [0.2, 0.25) is 0 Å². The fourth-order valence-corrected chi connectivity index (χ4v) is 2.53. The van der Waals surface area contributed by atoms with Crippen molar-refractivity contribution in [1.29, 1.82) is 0 Å². The molecule has 0 atom stereocenters. The summed E-state index contributed by atoms with van der Waals surface area (Å²) >= 11 is 0. The van der Waals surface area contributed by atoms with Gasteiger partial charge in [0.05, 0.1) is 0 Å². The Balaban J connectivity index is 2.58. The van der Waals surface area contributed by atoms with Crippen LogP contribution in [0.25, 0.3) is 10.9 Å². The van der Waals surface area contributed by atoms with Crippen LogP contribution in [0.3, 0.4) is 0 Å². The van der Waals surface area contributed by atoms with Crippen LogP contribution in [0.15, 0.2) is 24.3 Å². The van der Waals surface area contributed by atoms with Crippen LogP contribution in [-0.2, 0) is 19.9 Å². The zero-order valence-corrected chi connectivity index (χ0v) is 10.2. The molecule has 0 radical (unpaired) electrons. The third-order valence-corrected chi connectivity index (χ3v) is 3.31. The molecule has 0 spiro atoms. The SMILES string of the molecule is CCc1c(CCCN)c2ccccc2n1C. The first kappa shape index (κ1) is 11.2. The molecule has 2 aromatic rings. The van der Waals surface area contributed by atoms with Crippen molar-refractivity contribution in [3.8, 4) is 0 Å². The molecule has 0 aliphatic heterocycles. The van der Waals surface area contributed by atoms with Crippen LogP contribution in [0.1, 0.15) is 24.6 Å². The van der Waals surface area contributed by atoms with Crippen molar-refractivity contribution in [3.05, 3.63) is 35.5 Å². The van der Waals surface area contributed by atoms with Gasteiger partial charge < -0.3 is 10.3 Å². The summed E-state index contributed by atoms with van der Waals surface area (Å²) in [5, 5.41) is 1.40. The number of fused-ring (bicyclic) bond motifs is 1. The second-order valence-corrected chi connectivity index (χ2v) is 4.25. The predicted octanol–water partition coefficient (Wildman–Crippen LogP) is 2.63. The molecule has 16 heavy (non-hydrogen) atoms. The summed E-state index contributed by atoms with van der Waals surface area (Å²) < 4.78 is 2.32. The van der Waals surface area contributed by atoms with Gasteiger partial charge in [0.25, 0.3) is 0 Å². The summed E-state index contributed by atoms with van der Waals surface area (Å²) in [6.07, 6.45) is 3.26. The Labute approximate surface area is 97.1 Å². The highest BCUT2D eigenvalue weighted by Crippen LogP contribution is 2.26. The Morgan fingerprint density at radius 3 is 2.69 bits per heavy atom. The second-order valence-electron chi connectivity index (χ2n) is 4.25. The molecular formula is C14H20N2.